The van der Waals surface area contributed by atoms with Crippen LogP contribution in [0.3, 0.4) is 0 Å². The third-order valence-electron chi connectivity index (χ3n) is 4.70. The number of halogens is 2. The zero-order valence-electron chi connectivity index (χ0n) is 13.8. The van der Waals surface area contributed by atoms with Gasteiger partial charge >= 0.3 is 0 Å². The van der Waals surface area contributed by atoms with Crippen LogP contribution in [0.15, 0.2) is 18.2 Å². The second-order valence-electron chi connectivity index (χ2n) is 6.64. The van der Waals surface area contributed by atoms with Crippen LogP contribution in [0, 0.1) is 11.6 Å². The molecular formula is C17H21F2N3O3. The molecule has 136 valence electrons. The molecule has 0 unspecified atom stereocenters. The molecule has 1 aromatic rings. The second kappa shape index (κ2) is 7.05. The molecule has 2 saturated heterocycles. The molecule has 3 rings (SSSR count). The number of carbonyl (C=O) groups is 2. The average Bonchev–Trinajstić information content (AvgIpc) is 2.56. The molecule has 2 aliphatic rings. The number of nitrogens with one attached hydrogen (secondary N) is 1. The fraction of sp³-hybridized carbons (Fsp3) is 0.529. The average molecular weight is 353 g/mol. The van der Waals surface area contributed by atoms with E-state index >= 15 is 0 Å². The van der Waals surface area contributed by atoms with Gasteiger partial charge in [0.05, 0.1) is 6.54 Å². The van der Waals surface area contributed by atoms with E-state index < -0.39 is 23.1 Å². The van der Waals surface area contributed by atoms with Crippen LogP contribution in [0.25, 0.3) is 0 Å². The molecule has 2 heterocycles. The minimum atomic E-state index is -1.61. The first-order valence-corrected chi connectivity index (χ1v) is 8.33. The molecule has 0 aliphatic carbocycles. The van der Waals surface area contributed by atoms with Crippen LogP contribution < -0.4 is 5.32 Å². The minimum Gasteiger partial charge on any atom is -0.379 e. The molecule has 2 fully saturated rings. The first-order valence-electron chi connectivity index (χ1n) is 8.33. The van der Waals surface area contributed by atoms with Crippen LogP contribution in [0.1, 0.15) is 18.4 Å². The third kappa shape index (κ3) is 3.80. The third-order valence-corrected chi connectivity index (χ3v) is 4.70. The van der Waals surface area contributed by atoms with Crippen LogP contribution >= 0.6 is 0 Å². The van der Waals surface area contributed by atoms with Gasteiger partial charge in [0.25, 0.3) is 5.91 Å². The number of piperidine rings is 1. The van der Waals surface area contributed by atoms with Crippen molar-refractivity contribution in [3.05, 3.63) is 35.4 Å². The Hall–Kier alpha value is -2.06. The fourth-order valence-electron chi connectivity index (χ4n) is 3.44. The van der Waals surface area contributed by atoms with Gasteiger partial charge in [-0.1, -0.05) is 12.1 Å². The fourth-order valence-corrected chi connectivity index (χ4v) is 3.44. The van der Waals surface area contributed by atoms with E-state index in [4.69, 9.17) is 0 Å². The molecule has 0 radical (unpaired) electrons. The largest absolute Gasteiger partial charge is 0.379 e. The normalized spacial score (nSPS) is 25.2. The number of hydrogen-bond acceptors (Lipinski definition) is 4. The Labute approximate surface area is 144 Å². The van der Waals surface area contributed by atoms with Crippen LogP contribution in [0.4, 0.5) is 8.78 Å². The summed E-state index contributed by atoms with van der Waals surface area (Å²) in [4.78, 5) is 27.3. The minimum absolute atomic E-state index is 0.0569. The van der Waals surface area contributed by atoms with Crippen molar-refractivity contribution in [1.29, 1.82) is 0 Å². The lowest BCUT2D eigenvalue weighted by molar-refractivity contribution is -0.161. The Morgan fingerprint density at radius 1 is 1.24 bits per heavy atom. The highest BCUT2D eigenvalue weighted by Crippen LogP contribution is 2.26. The Bertz CT molecular complexity index is 685. The van der Waals surface area contributed by atoms with Gasteiger partial charge in [-0.15, -0.1) is 0 Å². The van der Waals surface area contributed by atoms with Crippen LogP contribution in [-0.2, 0) is 16.1 Å². The molecule has 2 aliphatic heterocycles. The van der Waals surface area contributed by atoms with Crippen molar-refractivity contribution >= 4 is 11.8 Å². The zero-order chi connectivity index (χ0) is 18.0. The van der Waals surface area contributed by atoms with Gasteiger partial charge in [0.1, 0.15) is 0 Å². The molecule has 0 aromatic heterocycles. The number of carbonyl (C=O) groups excluding carboxylic acids is 2. The molecule has 1 atom stereocenters. The van der Waals surface area contributed by atoms with Crippen molar-refractivity contribution in [2.24, 2.45) is 0 Å². The van der Waals surface area contributed by atoms with E-state index in [2.05, 4.69) is 5.32 Å². The Morgan fingerprint density at radius 2 is 2.04 bits per heavy atom. The number of amides is 2. The van der Waals surface area contributed by atoms with Crippen molar-refractivity contribution in [1.82, 2.24) is 15.1 Å². The van der Waals surface area contributed by atoms with Gasteiger partial charge in [-0.25, -0.2) is 8.78 Å². The SMILES string of the molecule is O=C1CN(C[C@]2(O)CCCN(Cc3cccc(F)c3F)C2=O)CCN1. The number of benzene rings is 1. The van der Waals surface area contributed by atoms with Crippen molar-refractivity contribution in [3.63, 3.8) is 0 Å². The molecule has 1 aromatic carbocycles. The molecule has 8 heteroatoms. The van der Waals surface area contributed by atoms with Gasteiger partial charge in [0, 0.05) is 38.3 Å². The lowest BCUT2D eigenvalue weighted by Crippen LogP contribution is -2.60. The van der Waals surface area contributed by atoms with E-state index in [0.29, 0.717) is 26.1 Å². The van der Waals surface area contributed by atoms with Crippen molar-refractivity contribution in [2.45, 2.75) is 25.0 Å². The van der Waals surface area contributed by atoms with Crippen molar-refractivity contribution in [3.8, 4) is 0 Å². The Morgan fingerprint density at radius 3 is 2.80 bits per heavy atom. The molecule has 25 heavy (non-hydrogen) atoms. The Balaban J connectivity index is 1.71. The molecular weight excluding hydrogens is 332 g/mol. The van der Waals surface area contributed by atoms with E-state index in [1.165, 1.54) is 17.0 Å². The number of piperazine rings is 1. The van der Waals surface area contributed by atoms with Gasteiger partial charge in [-0.2, -0.15) is 0 Å². The first kappa shape index (κ1) is 17.8. The predicted molar refractivity (Wildman–Crippen MR) is 85.4 cm³/mol. The number of likely N-dealkylation sites (tertiary alicyclic amines) is 1. The van der Waals surface area contributed by atoms with E-state index in [0.717, 1.165) is 6.07 Å². The lowest BCUT2D eigenvalue weighted by atomic mass is 9.90. The summed E-state index contributed by atoms with van der Waals surface area (Å²) in [7, 11) is 0. The lowest BCUT2D eigenvalue weighted by Gasteiger charge is -2.41. The number of β-amino-alcohol motifs (C(OH)–C–C–N with tert-alkyl or cyclic N) is 1. The van der Waals surface area contributed by atoms with E-state index in [9.17, 15) is 23.5 Å². The number of nitrogens with zero attached hydrogens (tertiary/aromatic N) is 2. The van der Waals surface area contributed by atoms with Gasteiger partial charge < -0.3 is 15.3 Å². The maximum absolute atomic E-state index is 13.9. The monoisotopic (exact) mass is 353 g/mol. The highest BCUT2D eigenvalue weighted by molar-refractivity contribution is 5.86. The van der Waals surface area contributed by atoms with Crippen LogP contribution in [-0.4, -0.2) is 65.0 Å². The topological polar surface area (TPSA) is 72.9 Å². The predicted octanol–water partition coefficient (Wildman–Crippen LogP) is 0.250. The molecule has 0 saturated carbocycles. The maximum Gasteiger partial charge on any atom is 0.256 e. The molecule has 2 N–H and O–H groups in total. The standard InChI is InChI=1S/C17H21F2N3O3/c18-13-4-1-3-12(15(13)19)9-22-7-2-5-17(25,16(22)24)11-21-8-6-20-14(23)10-21/h1,3-4,25H,2,5-11H2,(H,20,23)/t17-/m1/s1. The number of rotatable bonds is 4. The van der Waals surface area contributed by atoms with Gasteiger partial charge in [-0.05, 0) is 18.9 Å². The molecule has 6 nitrogen and oxygen atoms in total. The highest BCUT2D eigenvalue weighted by Gasteiger charge is 2.44. The summed E-state index contributed by atoms with van der Waals surface area (Å²) in [6.07, 6.45) is 0.839. The Kier molecular flexibility index (Phi) is 5.01. The van der Waals surface area contributed by atoms with Gasteiger partial charge in [-0.3, -0.25) is 14.5 Å². The summed E-state index contributed by atoms with van der Waals surface area (Å²) in [6, 6.07) is 3.84. The molecule has 0 spiro atoms. The molecule has 0 bridgehead atoms. The summed E-state index contributed by atoms with van der Waals surface area (Å²) in [5.74, 6) is -2.58. The first-order chi connectivity index (χ1) is 11.9. The number of hydrogen-bond donors (Lipinski definition) is 2. The van der Waals surface area contributed by atoms with E-state index in [1.54, 1.807) is 4.90 Å². The van der Waals surface area contributed by atoms with Crippen molar-refractivity contribution in [2.75, 3.05) is 32.7 Å². The molecule has 2 amide bonds. The number of aliphatic hydroxyl groups is 1. The summed E-state index contributed by atoms with van der Waals surface area (Å²) in [6.45, 7) is 1.50. The smallest absolute Gasteiger partial charge is 0.256 e. The quantitative estimate of drug-likeness (QED) is 0.814. The van der Waals surface area contributed by atoms with Gasteiger partial charge in [0.2, 0.25) is 5.91 Å². The highest BCUT2D eigenvalue weighted by atomic mass is 19.2. The van der Waals surface area contributed by atoms with Crippen molar-refractivity contribution < 1.29 is 23.5 Å². The van der Waals surface area contributed by atoms with Gasteiger partial charge in [0.15, 0.2) is 17.2 Å². The van der Waals surface area contributed by atoms with E-state index in [1.807, 2.05) is 0 Å². The zero-order valence-corrected chi connectivity index (χ0v) is 13.8. The van der Waals surface area contributed by atoms with Crippen LogP contribution in [0.2, 0.25) is 0 Å². The second-order valence-corrected chi connectivity index (χ2v) is 6.64. The maximum atomic E-state index is 13.9. The van der Waals surface area contributed by atoms with E-state index in [-0.39, 0.29) is 37.5 Å². The summed E-state index contributed by atoms with van der Waals surface area (Å²) >= 11 is 0. The van der Waals surface area contributed by atoms with Crippen LogP contribution in [0.5, 0.6) is 0 Å². The summed E-state index contributed by atoms with van der Waals surface area (Å²) in [5.41, 5.74) is -1.53. The summed E-state index contributed by atoms with van der Waals surface area (Å²) in [5, 5.41) is 13.5. The summed E-state index contributed by atoms with van der Waals surface area (Å²) < 4.78 is 27.2.